The van der Waals surface area contributed by atoms with Crippen LogP contribution in [0.15, 0.2) is 48.5 Å². The van der Waals surface area contributed by atoms with Gasteiger partial charge < -0.3 is 20.6 Å². The molecule has 1 aliphatic rings. The lowest BCUT2D eigenvalue weighted by atomic mass is 9.72. The first-order chi connectivity index (χ1) is 12.6. The number of phenolic OH excluding ortho intramolecular Hbond substituents is 2. The van der Waals surface area contributed by atoms with Crippen LogP contribution in [-0.4, -0.2) is 34.0 Å². The quantitative estimate of drug-likeness (QED) is 0.571. The van der Waals surface area contributed by atoms with Gasteiger partial charge in [0.05, 0.1) is 5.60 Å². The molecule has 0 aromatic heterocycles. The van der Waals surface area contributed by atoms with E-state index in [4.69, 9.17) is 0 Å². The molecule has 1 saturated carbocycles. The number of rotatable bonds is 7. The largest absolute Gasteiger partial charge is 0.508 e. The summed E-state index contributed by atoms with van der Waals surface area (Å²) in [5.41, 5.74) is 1.57. The average molecular weight is 355 g/mol. The van der Waals surface area contributed by atoms with Crippen molar-refractivity contribution in [2.45, 2.75) is 50.0 Å². The Morgan fingerprint density at radius 3 is 2.04 bits per heavy atom. The van der Waals surface area contributed by atoms with Crippen molar-refractivity contribution in [3.8, 4) is 11.5 Å². The molecular formula is C22H29NO3. The van der Waals surface area contributed by atoms with Crippen LogP contribution in [0.2, 0.25) is 0 Å². The maximum Gasteiger partial charge on any atom is 0.115 e. The predicted octanol–water partition coefficient (Wildman–Crippen LogP) is 3.71. The monoisotopic (exact) mass is 355 g/mol. The smallest absolute Gasteiger partial charge is 0.115 e. The molecule has 0 aliphatic heterocycles. The first kappa shape index (κ1) is 18.7. The molecule has 2 aromatic rings. The molecule has 1 fully saturated rings. The summed E-state index contributed by atoms with van der Waals surface area (Å²) >= 11 is 0. The van der Waals surface area contributed by atoms with Gasteiger partial charge in [0, 0.05) is 12.5 Å². The van der Waals surface area contributed by atoms with Gasteiger partial charge in [0.25, 0.3) is 0 Å². The molecule has 0 saturated heterocycles. The van der Waals surface area contributed by atoms with Crippen molar-refractivity contribution in [1.82, 2.24) is 5.32 Å². The van der Waals surface area contributed by atoms with Crippen LogP contribution >= 0.6 is 0 Å². The van der Waals surface area contributed by atoms with E-state index in [1.54, 1.807) is 24.3 Å². The lowest BCUT2D eigenvalue weighted by Gasteiger charge is -2.40. The Kier molecular flexibility index (Phi) is 6.17. The third-order valence-electron chi connectivity index (χ3n) is 5.54. The number of nitrogens with one attached hydrogen (secondary N) is 1. The lowest BCUT2D eigenvalue weighted by molar-refractivity contribution is -0.0214. The highest BCUT2D eigenvalue weighted by atomic mass is 16.3. The zero-order valence-electron chi connectivity index (χ0n) is 15.2. The molecule has 1 aliphatic carbocycles. The van der Waals surface area contributed by atoms with Gasteiger partial charge in [0.2, 0.25) is 0 Å². The van der Waals surface area contributed by atoms with Crippen LogP contribution in [0, 0.1) is 0 Å². The fourth-order valence-corrected chi connectivity index (χ4v) is 3.98. The first-order valence-corrected chi connectivity index (χ1v) is 9.57. The zero-order valence-corrected chi connectivity index (χ0v) is 15.2. The summed E-state index contributed by atoms with van der Waals surface area (Å²) < 4.78 is 0. The van der Waals surface area contributed by atoms with Gasteiger partial charge in [0.1, 0.15) is 11.5 Å². The molecule has 3 rings (SSSR count). The molecule has 0 amide bonds. The Bertz CT molecular complexity index is 676. The average Bonchev–Trinajstić information content (AvgIpc) is 2.65. The van der Waals surface area contributed by atoms with Gasteiger partial charge in [0.15, 0.2) is 0 Å². The molecule has 0 unspecified atom stereocenters. The van der Waals surface area contributed by atoms with E-state index in [9.17, 15) is 15.3 Å². The fraction of sp³-hybridized carbons (Fsp3) is 0.455. The van der Waals surface area contributed by atoms with E-state index in [0.29, 0.717) is 6.54 Å². The Hall–Kier alpha value is -2.04. The van der Waals surface area contributed by atoms with Crippen LogP contribution in [0.3, 0.4) is 0 Å². The SMILES string of the molecule is Oc1ccc(CCNC[C@H](c2ccc(O)cc2)C2(O)CCCCC2)cc1. The lowest BCUT2D eigenvalue weighted by Crippen LogP contribution is -2.43. The molecule has 0 radical (unpaired) electrons. The standard InChI is InChI=1S/C22H29NO3/c24-19-8-4-17(5-9-19)12-15-23-16-21(18-6-10-20(25)11-7-18)22(26)13-2-1-3-14-22/h4-11,21,23-26H,1-3,12-16H2/t21-/m1/s1. The van der Waals surface area contributed by atoms with E-state index >= 15 is 0 Å². The van der Waals surface area contributed by atoms with E-state index in [2.05, 4.69) is 5.32 Å². The Morgan fingerprint density at radius 2 is 1.42 bits per heavy atom. The van der Waals surface area contributed by atoms with Gasteiger partial charge in [-0.25, -0.2) is 0 Å². The van der Waals surface area contributed by atoms with Crippen molar-refractivity contribution >= 4 is 0 Å². The minimum absolute atomic E-state index is 0.0169. The van der Waals surface area contributed by atoms with Crippen molar-refractivity contribution in [1.29, 1.82) is 0 Å². The van der Waals surface area contributed by atoms with Crippen LogP contribution in [0.1, 0.15) is 49.1 Å². The highest BCUT2D eigenvalue weighted by molar-refractivity contribution is 5.31. The van der Waals surface area contributed by atoms with E-state index in [-0.39, 0.29) is 17.4 Å². The molecule has 1 atom stereocenters. The predicted molar refractivity (Wildman–Crippen MR) is 104 cm³/mol. The topological polar surface area (TPSA) is 72.7 Å². The number of benzene rings is 2. The highest BCUT2D eigenvalue weighted by Crippen LogP contribution is 2.40. The number of aromatic hydroxyl groups is 2. The summed E-state index contributed by atoms with van der Waals surface area (Å²) in [6, 6.07) is 14.5. The molecule has 4 N–H and O–H groups in total. The van der Waals surface area contributed by atoms with E-state index in [1.165, 1.54) is 12.0 Å². The summed E-state index contributed by atoms with van der Waals surface area (Å²) in [5, 5.41) is 33.7. The van der Waals surface area contributed by atoms with E-state index in [1.807, 2.05) is 24.3 Å². The second-order valence-electron chi connectivity index (χ2n) is 7.43. The molecule has 140 valence electrons. The number of aliphatic hydroxyl groups is 1. The van der Waals surface area contributed by atoms with Gasteiger partial charge in [-0.1, -0.05) is 43.5 Å². The second kappa shape index (κ2) is 8.56. The third-order valence-corrected chi connectivity index (χ3v) is 5.54. The van der Waals surface area contributed by atoms with Crippen molar-refractivity contribution in [2.75, 3.05) is 13.1 Å². The van der Waals surface area contributed by atoms with Gasteiger partial charge >= 0.3 is 0 Å². The van der Waals surface area contributed by atoms with Crippen LogP contribution in [0.25, 0.3) is 0 Å². The van der Waals surface area contributed by atoms with Crippen LogP contribution < -0.4 is 5.32 Å². The van der Waals surface area contributed by atoms with Crippen molar-refractivity contribution in [2.24, 2.45) is 0 Å². The minimum Gasteiger partial charge on any atom is -0.508 e. The molecule has 0 spiro atoms. The third kappa shape index (κ3) is 4.77. The van der Waals surface area contributed by atoms with E-state index < -0.39 is 5.60 Å². The molecule has 26 heavy (non-hydrogen) atoms. The Labute approximate surface area is 155 Å². The number of hydrogen-bond acceptors (Lipinski definition) is 4. The van der Waals surface area contributed by atoms with Crippen molar-refractivity contribution < 1.29 is 15.3 Å². The van der Waals surface area contributed by atoms with E-state index in [0.717, 1.165) is 44.2 Å². The van der Waals surface area contributed by atoms with Crippen molar-refractivity contribution in [3.63, 3.8) is 0 Å². The molecule has 4 nitrogen and oxygen atoms in total. The highest BCUT2D eigenvalue weighted by Gasteiger charge is 2.38. The molecule has 4 heteroatoms. The summed E-state index contributed by atoms with van der Waals surface area (Å²) in [6.07, 6.45) is 5.87. The maximum absolute atomic E-state index is 11.3. The normalized spacial score (nSPS) is 17.7. The van der Waals surface area contributed by atoms with Crippen molar-refractivity contribution in [3.05, 3.63) is 59.7 Å². The van der Waals surface area contributed by atoms with Gasteiger partial charge in [-0.2, -0.15) is 0 Å². The Balaban J connectivity index is 1.63. The summed E-state index contributed by atoms with van der Waals surface area (Å²) in [4.78, 5) is 0. The van der Waals surface area contributed by atoms with Crippen LogP contribution in [0.4, 0.5) is 0 Å². The first-order valence-electron chi connectivity index (χ1n) is 9.57. The van der Waals surface area contributed by atoms with Gasteiger partial charge in [-0.3, -0.25) is 0 Å². The molecule has 0 bridgehead atoms. The second-order valence-corrected chi connectivity index (χ2v) is 7.43. The molecular weight excluding hydrogens is 326 g/mol. The van der Waals surface area contributed by atoms with Crippen LogP contribution in [-0.2, 0) is 6.42 Å². The summed E-state index contributed by atoms with van der Waals surface area (Å²) in [5.74, 6) is 0.556. The number of phenols is 2. The summed E-state index contributed by atoms with van der Waals surface area (Å²) in [7, 11) is 0. The minimum atomic E-state index is -0.680. The summed E-state index contributed by atoms with van der Waals surface area (Å²) in [6.45, 7) is 1.52. The fourth-order valence-electron chi connectivity index (χ4n) is 3.98. The zero-order chi connectivity index (χ0) is 18.4. The van der Waals surface area contributed by atoms with Gasteiger partial charge in [-0.15, -0.1) is 0 Å². The van der Waals surface area contributed by atoms with Crippen LogP contribution in [0.5, 0.6) is 11.5 Å². The maximum atomic E-state index is 11.3. The number of hydrogen-bond donors (Lipinski definition) is 4. The molecule has 0 heterocycles. The molecule has 2 aromatic carbocycles. The van der Waals surface area contributed by atoms with Gasteiger partial charge in [-0.05, 0) is 61.2 Å². The Morgan fingerprint density at radius 1 is 0.846 bits per heavy atom.